The van der Waals surface area contributed by atoms with Gasteiger partial charge in [-0.05, 0) is 19.1 Å². The first-order chi connectivity index (χ1) is 7.45. The predicted molar refractivity (Wildman–Crippen MR) is 52.2 cm³/mol. The molecule has 6 heteroatoms. The Hall–Kier alpha value is -2.16. The van der Waals surface area contributed by atoms with E-state index in [0.29, 0.717) is 0 Å². The van der Waals surface area contributed by atoms with Crippen molar-refractivity contribution in [1.82, 2.24) is 0 Å². The standard InChI is InChI=1S/C10H8F2N2O2/c1-5(15)6-2-7(4-13)9(14)8(3-6)16-10(11)12/h2-3,10H,14H2,1H3. The normalized spacial score (nSPS) is 9.94. The number of anilines is 1. The number of nitrogens with two attached hydrogens (primary N) is 1. The van der Waals surface area contributed by atoms with E-state index in [1.54, 1.807) is 6.07 Å². The molecule has 84 valence electrons. The summed E-state index contributed by atoms with van der Waals surface area (Å²) in [5.74, 6) is -0.727. The van der Waals surface area contributed by atoms with Crippen LogP contribution in [0.5, 0.6) is 5.75 Å². The minimum atomic E-state index is -3.06. The van der Waals surface area contributed by atoms with E-state index < -0.39 is 6.61 Å². The lowest BCUT2D eigenvalue weighted by molar-refractivity contribution is -0.0493. The van der Waals surface area contributed by atoms with E-state index >= 15 is 0 Å². The van der Waals surface area contributed by atoms with Crippen molar-refractivity contribution >= 4 is 11.5 Å². The lowest BCUT2D eigenvalue weighted by Crippen LogP contribution is -2.07. The van der Waals surface area contributed by atoms with Crippen molar-refractivity contribution in [3.05, 3.63) is 23.3 Å². The minimum Gasteiger partial charge on any atom is -0.433 e. The number of alkyl halides is 2. The smallest absolute Gasteiger partial charge is 0.387 e. The average Bonchev–Trinajstić information content (AvgIpc) is 2.20. The van der Waals surface area contributed by atoms with Crippen LogP contribution >= 0.6 is 0 Å². The number of Topliss-reactive ketones (excluding diaryl/α,β-unsaturated/α-hetero) is 1. The summed E-state index contributed by atoms with van der Waals surface area (Å²) in [6.07, 6.45) is 0. The maximum absolute atomic E-state index is 12.0. The van der Waals surface area contributed by atoms with Crippen molar-refractivity contribution in [2.45, 2.75) is 13.5 Å². The van der Waals surface area contributed by atoms with Gasteiger partial charge in [-0.25, -0.2) is 0 Å². The molecule has 0 amide bonds. The van der Waals surface area contributed by atoms with Crippen LogP contribution in [0.25, 0.3) is 0 Å². The Kier molecular flexibility index (Phi) is 3.40. The highest BCUT2D eigenvalue weighted by atomic mass is 19.3. The van der Waals surface area contributed by atoms with Gasteiger partial charge in [0, 0.05) is 5.56 Å². The van der Waals surface area contributed by atoms with E-state index in [-0.39, 0.29) is 28.3 Å². The number of ketones is 1. The summed E-state index contributed by atoms with van der Waals surface area (Å²) >= 11 is 0. The van der Waals surface area contributed by atoms with E-state index in [1.807, 2.05) is 0 Å². The third kappa shape index (κ3) is 2.45. The third-order valence-electron chi connectivity index (χ3n) is 1.89. The molecule has 0 saturated carbocycles. The molecule has 0 aromatic heterocycles. The fraction of sp³-hybridized carbons (Fsp3) is 0.200. The summed E-state index contributed by atoms with van der Waals surface area (Å²) in [5, 5.41) is 8.70. The van der Waals surface area contributed by atoms with Gasteiger partial charge in [-0.15, -0.1) is 0 Å². The Morgan fingerprint density at radius 1 is 1.56 bits per heavy atom. The van der Waals surface area contributed by atoms with E-state index in [1.165, 1.54) is 13.0 Å². The van der Waals surface area contributed by atoms with Crippen LogP contribution in [-0.2, 0) is 0 Å². The predicted octanol–water partition coefficient (Wildman–Crippen LogP) is 1.94. The Bertz CT molecular complexity index is 467. The second-order valence-corrected chi connectivity index (χ2v) is 2.98. The zero-order valence-corrected chi connectivity index (χ0v) is 8.33. The number of nitrogen functional groups attached to an aromatic ring is 1. The second kappa shape index (κ2) is 4.57. The summed E-state index contributed by atoms with van der Waals surface area (Å²) in [4.78, 5) is 11.1. The van der Waals surface area contributed by atoms with Crippen LogP contribution in [0.15, 0.2) is 12.1 Å². The molecule has 0 aliphatic heterocycles. The molecule has 1 aromatic carbocycles. The summed E-state index contributed by atoms with van der Waals surface area (Å²) in [5.41, 5.74) is 5.25. The van der Waals surface area contributed by atoms with Gasteiger partial charge < -0.3 is 10.5 Å². The van der Waals surface area contributed by atoms with Crippen molar-refractivity contribution in [3.8, 4) is 11.8 Å². The van der Waals surface area contributed by atoms with E-state index in [2.05, 4.69) is 4.74 Å². The van der Waals surface area contributed by atoms with Gasteiger partial charge in [0.1, 0.15) is 6.07 Å². The first-order valence-electron chi connectivity index (χ1n) is 4.25. The van der Waals surface area contributed by atoms with Gasteiger partial charge in [-0.2, -0.15) is 14.0 Å². The molecule has 0 bridgehead atoms. The minimum absolute atomic E-state index is 0.0663. The molecular formula is C10H8F2N2O2. The van der Waals surface area contributed by atoms with Gasteiger partial charge in [0.25, 0.3) is 0 Å². The van der Waals surface area contributed by atoms with Crippen LogP contribution in [0.3, 0.4) is 0 Å². The molecule has 4 nitrogen and oxygen atoms in total. The van der Waals surface area contributed by atoms with Crippen LogP contribution in [0.1, 0.15) is 22.8 Å². The molecule has 0 unspecified atom stereocenters. The summed E-state index contributed by atoms with van der Waals surface area (Å²) in [6, 6.07) is 4.02. The first kappa shape index (κ1) is 11.9. The Balaban J connectivity index is 3.31. The van der Waals surface area contributed by atoms with Gasteiger partial charge >= 0.3 is 6.61 Å². The van der Waals surface area contributed by atoms with Crippen molar-refractivity contribution in [1.29, 1.82) is 5.26 Å². The molecule has 0 fully saturated rings. The number of halogens is 2. The zero-order valence-electron chi connectivity index (χ0n) is 8.33. The topological polar surface area (TPSA) is 76.1 Å². The first-order valence-corrected chi connectivity index (χ1v) is 4.25. The Morgan fingerprint density at radius 2 is 2.19 bits per heavy atom. The largest absolute Gasteiger partial charge is 0.433 e. The number of nitrogens with zero attached hydrogens (tertiary/aromatic N) is 1. The average molecular weight is 226 g/mol. The lowest BCUT2D eigenvalue weighted by Gasteiger charge is -2.10. The Labute approximate surface area is 90.2 Å². The molecule has 0 saturated heterocycles. The SMILES string of the molecule is CC(=O)c1cc(C#N)c(N)c(OC(F)F)c1. The number of rotatable bonds is 3. The fourth-order valence-electron chi connectivity index (χ4n) is 1.12. The highest BCUT2D eigenvalue weighted by Gasteiger charge is 2.14. The number of carbonyl (C=O) groups excluding carboxylic acids is 1. The third-order valence-corrected chi connectivity index (χ3v) is 1.89. The van der Waals surface area contributed by atoms with E-state index in [4.69, 9.17) is 11.0 Å². The lowest BCUT2D eigenvalue weighted by atomic mass is 10.1. The molecule has 2 N–H and O–H groups in total. The van der Waals surface area contributed by atoms with E-state index in [9.17, 15) is 13.6 Å². The van der Waals surface area contributed by atoms with Crippen molar-refractivity contribution < 1.29 is 18.3 Å². The van der Waals surface area contributed by atoms with Crippen LogP contribution in [-0.4, -0.2) is 12.4 Å². The summed E-state index contributed by atoms with van der Waals surface area (Å²) < 4.78 is 28.2. The quantitative estimate of drug-likeness (QED) is 0.631. The van der Waals surface area contributed by atoms with Gasteiger partial charge in [0.05, 0.1) is 11.3 Å². The molecule has 1 aromatic rings. The van der Waals surface area contributed by atoms with Crippen LogP contribution in [0.4, 0.5) is 14.5 Å². The van der Waals surface area contributed by atoms with Crippen LogP contribution < -0.4 is 10.5 Å². The molecule has 16 heavy (non-hydrogen) atoms. The Morgan fingerprint density at radius 3 is 2.62 bits per heavy atom. The number of benzene rings is 1. The summed E-state index contributed by atoms with van der Waals surface area (Å²) in [6.45, 7) is -1.81. The molecule has 0 aliphatic carbocycles. The highest BCUT2D eigenvalue weighted by molar-refractivity contribution is 5.95. The summed E-state index contributed by atoms with van der Waals surface area (Å²) in [7, 11) is 0. The van der Waals surface area contributed by atoms with Gasteiger partial charge in [-0.3, -0.25) is 4.79 Å². The number of hydrogen-bond donors (Lipinski definition) is 1. The molecule has 0 radical (unpaired) electrons. The van der Waals surface area contributed by atoms with Gasteiger partial charge in [0.2, 0.25) is 0 Å². The maximum atomic E-state index is 12.0. The monoisotopic (exact) mass is 226 g/mol. The molecular weight excluding hydrogens is 218 g/mol. The number of carbonyl (C=O) groups is 1. The second-order valence-electron chi connectivity index (χ2n) is 2.98. The molecule has 1 rings (SSSR count). The van der Waals surface area contributed by atoms with Crippen LogP contribution in [0, 0.1) is 11.3 Å². The van der Waals surface area contributed by atoms with Gasteiger partial charge in [0.15, 0.2) is 11.5 Å². The number of hydrogen-bond acceptors (Lipinski definition) is 4. The van der Waals surface area contributed by atoms with Crippen molar-refractivity contribution in [2.75, 3.05) is 5.73 Å². The van der Waals surface area contributed by atoms with E-state index in [0.717, 1.165) is 6.07 Å². The van der Waals surface area contributed by atoms with Crippen molar-refractivity contribution in [2.24, 2.45) is 0 Å². The zero-order chi connectivity index (χ0) is 12.3. The maximum Gasteiger partial charge on any atom is 0.387 e. The number of nitriles is 1. The van der Waals surface area contributed by atoms with Crippen molar-refractivity contribution in [3.63, 3.8) is 0 Å². The molecule has 0 heterocycles. The molecule has 0 aliphatic rings. The molecule has 0 atom stereocenters. The molecule has 0 spiro atoms. The van der Waals surface area contributed by atoms with Gasteiger partial charge in [-0.1, -0.05) is 0 Å². The van der Waals surface area contributed by atoms with Crippen LogP contribution in [0.2, 0.25) is 0 Å². The number of ether oxygens (including phenoxy) is 1. The highest BCUT2D eigenvalue weighted by Crippen LogP contribution is 2.28. The fourth-order valence-corrected chi connectivity index (χ4v) is 1.12.